The molecule has 0 atom stereocenters. The highest BCUT2D eigenvalue weighted by Crippen LogP contribution is 2.33. The summed E-state index contributed by atoms with van der Waals surface area (Å²) in [5.41, 5.74) is 1.98. The van der Waals surface area contributed by atoms with Gasteiger partial charge in [-0.25, -0.2) is 4.39 Å². The first-order valence-corrected chi connectivity index (χ1v) is 6.33. The summed E-state index contributed by atoms with van der Waals surface area (Å²) in [6, 6.07) is 14.2. The Bertz CT molecular complexity index is 713. The number of hydrogen-bond acceptors (Lipinski definition) is 2. The van der Waals surface area contributed by atoms with Gasteiger partial charge in [0, 0.05) is 10.1 Å². The van der Waals surface area contributed by atoms with E-state index in [1.54, 1.807) is 12.1 Å². The highest BCUT2D eigenvalue weighted by molar-refractivity contribution is 7.20. The van der Waals surface area contributed by atoms with Gasteiger partial charge in [-0.15, -0.1) is 11.3 Å². The van der Waals surface area contributed by atoms with Crippen LogP contribution in [0.25, 0.3) is 21.2 Å². The van der Waals surface area contributed by atoms with Crippen molar-refractivity contribution in [2.45, 2.75) is 0 Å². The van der Waals surface area contributed by atoms with E-state index in [-0.39, 0.29) is 5.82 Å². The summed E-state index contributed by atoms with van der Waals surface area (Å²) in [6.45, 7) is 0. The van der Waals surface area contributed by atoms with Gasteiger partial charge in [0.05, 0.1) is 4.88 Å². The number of hydrogen-bond donors (Lipinski definition) is 0. The highest BCUT2D eigenvalue weighted by atomic mass is 32.1. The van der Waals surface area contributed by atoms with E-state index in [1.807, 2.05) is 24.3 Å². The van der Waals surface area contributed by atoms with E-state index in [4.69, 9.17) is 0 Å². The molecule has 3 rings (SSSR count). The van der Waals surface area contributed by atoms with Gasteiger partial charge in [0.1, 0.15) is 5.82 Å². The molecule has 1 heterocycles. The van der Waals surface area contributed by atoms with Gasteiger partial charge in [-0.3, -0.25) is 4.79 Å². The van der Waals surface area contributed by atoms with Gasteiger partial charge < -0.3 is 0 Å². The molecule has 0 aliphatic carbocycles. The second-order valence-corrected chi connectivity index (χ2v) is 5.11. The van der Waals surface area contributed by atoms with Crippen LogP contribution in [0.3, 0.4) is 0 Å². The lowest BCUT2D eigenvalue weighted by Gasteiger charge is -2.03. The summed E-state index contributed by atoms with van der Waals surface area (Å²) >= 11 is 1.47. The molecular weight excluding hydrogens is 247 g/mol. The van der Waals surface area contributed by atoms with E-state index in [2.05, 4.69) is 0 Å². The summed E-state index contributed by atoms with van der Waals surface area (Å²) in [4.78, 5) is 11.5. The SMILES string of the molecule is O=Cc1cc2c(-c3ccc(F)cc3)cccc2s1. The smallest absolute Gasteiger partial charge is 0.160 e. The molecule has 0 fully saturated rings. The molecule has 0 bridgehead atoms. The molecule has 0 amide bonds. The van der Waals surface area contributed by atoms with E-state index < -0.39 is 0 Å². The largest absolute Gasteiger partial charge is 0.297 e. The molecule has 1 aromatic heterocycles. The Balaban J connectivity index is 2.25. The number of aldehydes is 1. The zero-order chi connectivity index (χ0) is 12.5. The fourth-order valence-corrected chi connectivity index (χ4v) is 2.92. The third-order valence-electron chi connectivity index (χ3n) is 2.85. The van der Waals surface area contributed by atoms with Crippen molar-refractivity contribution in [2.24, 2.45) is 0 Å². The highest BCUT2D eigenvalue weighted by Gasteiger charge is 2.07. The molecular formula is C15H9FOS. The average Bonchev–Trinajstić information content (AvgIpc) is 2.82. The van der Waals surface area contributed by atoms with Gasteiger partial charge in [0.15, 0.2) is 6.29 Å². The van der Waals surface area contributed by atoms with E-state index in [9.17, 15) is 9.18 Å². The molecule has 0 N–H and O–H groups in total. The molecule has 0 saturated heterocycles. The minimum atomic E-state index is -0.246. The van der Waals surface area contributed by atoms with E-state index in [0.717, 1.165) is 27.5 Å². The van der Waals surface area contributed by atoms with E-state index >= 15 is 0 Å². The molecule has 0 unspecified atom stereocenters. The lowest BCUT2D eigenvalue weighted by molar-refractivity contribution is 0.112. The van der Waals surface area contributed by atoms with Crippen LogP contribution in [0, 0.1) is 5.82 Å². The zero-order valence-electron chi connectivity index (χ0n) is 9.39. The lowest BCUT2D eigenvalue weighted by Crippen LogP contribution is -1.79. The Hall–Kier alpha value is -2.00. The summed E-state index contributed by atoms with van der Waals surface area (Å²) in [5.74, 6) is -0.246. The Labute approximate surface area is 108 Å². The number of carbonyl (C=O) groups excluding carboxylic acids is 1. The standard InChI is InChI=1S/C15H9FOS/c16-11-6-4-10(5-7-11)13-2-1-3-15-14(13)8-12(9-17)18-15/h1-9H. The monoisotopic (exact) mass is 256 g/mol. The Morgan fingerprint density at radius 1 is 1.06 bits per heavy atom. The predicted octanol–water partition coefficient (Wildman–Crippen LogP) is 4.52. The first-order valence-electron chi connectivity index (χ1n) is 5.51. The van der Waals surface area contributed by atoms with Crippen molar-refractivity contribution in [3.05, 3.63) is 59.2 Å². The van der Waals surface area contributed by atoms with Crippen molar-refractivity contribution in [2.75, 3.05) is 0 Å². The molecule has 2 aromatic carbocycles. The quantitative estimate of drug-likeness (QED) is 0.616. The van der Waals surface area contributed by atoms with Crippen LogP contribution < -0.4 is 0 Å². The summed E-state index contributed by atoms with van der Waals surface area (Å²) in [5, 5.41) is 1.04. The lowest BCUT2D eigenvalue weighted by atomic mass is 10.0. The summed E-state index contributed by atoms with van der Waals surface area (Å²) in [7, 11) is 0. The van der Waals surface area contributed by atoms with E-state index in [0.29, 0.717) is 4.88 Å². The maximum absolute atomic E-state index is 12.9. The van der Waals surface area contributed by atoms with Crippen LogP contribution in [-0.4, -0.2) is 6.29 Å². The third-order valence-corrected chi connectivity index (χ3v) is 3.88. The first-order chi connectivity index (χ1) is 8.78. The minimum absolute atomic E-state index is 0.246. The van der Waals surface area contributed by atoms with Crippen LogP contribution in [0.5, 0.6) is 0 Å². The number of halogens is 1. The maximum Gasteiger partial charge on any atom is 0.160 e. The van der Waals surface area contributed by atoms with Crippen molar-refractivity contribution in [1.82, 2.24) is 0 Å². The second-order valence-electron chi connectivity index (χ2n) is 3.99. The second kappa shape index (κ2) is 4.35. The van der Waals surface area contributed by atoms with Crippen LogP contribution in [0.2, 0.25) is 0 Å². The van der Waals surface area contributed by atoms with Gasteiger partial charge in [-0.05, 0) is 35.4 Å². The average molecular weight is 256 g/mol. The molecule has 88 valence electrons. The Morgan fingerprint density at radius 3 is 2.56 bits per heavy atom. The van der Waals surface area contributed by atoms with Crippen LogP contribution in [0.15, 0.2) is 48.5 Å². The fourth-order valence-electron chi connectivity index (χ4n) is 2.02. The summed E-state index contributed by atoms with van der Waals surface area (Å²) in [6.07, 6.45) is 0.860. The van der Waals surface area contributed by atoms with Crippen LogP contribution in [-0.2, 0) is 0 Å². The molecule has 0 saturated carbocycles. The molecule has 1 nitrogen and oxygen atoms in total. The van der Waals surface area contributed by atoms with E-state index in [1.165, 1.54) is 23.5 Å². The van der Waals surface area contributed by atoms with Crippen LogP contribution >= 0.6 is 11.3 Å². The van der Waals surface area contributed by atoms with Gasteiger partial charge >= 0.3 is 0 Å². The van der Waals surface area contributed by atoms with Crippen LogP contribution in [0.4, 0.5) is 4.39 Å². The van der Waals surface area contributed by atoms with Gasteiger partial charge in [0.25, 0.3) is 0 Å². The first kappa shape index (κ1) is 11.1. The number of benzene rings is 2. The molecule has 18 heavy (non-hydrogen) atoms. The number of thiophene rings is 1. The molecule has 0 aliphatic rings. The Kier molecular flexibility index (Phi) is 2.68. The van der Waals surface area contributed by atoms with Crippen molar-refractivity contribution in [1.29, 1.82) is 0 Å². The Morgan fingerprint density at radius 2 is 1.83 bits per heavy atom. The van der Waals surface area contributed by atoms with Gasteiger partial charge in [0.2, 0.25) is 0 Å². The molecule has 0 aliphatic heterocycles. The van der Waals surface area contributed by atoms with Crippen molar-refractivity contribution in [3.63, 3.8) is 0 Å². The predicted molar refractivity (Wildman–Crippen MR) is 72.6 cm³/mol. The summed E-state index contributed by atoms with van der Waals surface area (Å²) < 4.78 is 14.0. The van der Waals surface area contributed by atoms with Gasteiger partial charge in [-0.1, -0.05) is 24.3 Å². The number of fused-ring (bicyclic) bond motifs is 1. The van der Waals surface area contributed by atoms with Crippen molar-refractivity contribution in [3.8, 4) is 11.1 Å². The van der Waals surface area contributed by atoms with Gasteiger partial charge in [-0.2, -0.15) is 0 Å². The van der Waals surface area contributed by atoms with Crippen molar-refractivity contribution >= 4 is 27.7 Å². The van der Waals surface area contributed by atoms with Crippen molar-refractivity contribution < 1.29 is 9.18 Å². The minimum Gasteiger partial charge on any atom is -0.297 e. The third kappa shape index (κ3) is 1.83. The number of rotatable bonds is 2. The molecule has 3 heteroatoms. The molecule has 0 radical (unpaired) electrons. The molecule has 0 spiro atoms. The number of carbonyl (C=O) groups is 1. The normalized spacial score (nSPS) is 10.7. The fraction of sp³-hybridized carbons (Fsp3) is 0. The molecule has 3 aromatic rings. The zero-order valence-corrected chi connectivity index (χ0v) is 10.2. The van der Waals surface area contributed by atoms with Crippen LogP contribution in [0.1, 0.15) is 9.67 Å². The topological polar surface area (TPSA) is 17.1 Å². The maximum atomic E-state index is 12.9.